The number of rotatable bonds is 5. The predicted octanol–water partition coefficient (Wildman–Crippen LogP) is 4.75. The zero-order chi connectivity index (χ0) is 13.9. The van der Waals surface area contributed by atoms with Crippen LogP contribution < -0.4 is 5.32 Å². The molecule has 1 N–H and O–H groups in total. The Morgan fingerprint density at radius 3 is 2.79 bits per heavy atom. The van der Waals surface area contributed by atoms with Gasteiger partial charge in [-0.15, -0.1) is 0 Å². The summed E-state index contributed by atoms with van der Waals surface area (Å²) in [6, 6.07) is 6.01. The molecule has 0 atom stereocenters. The number of aromatic nitrogens is 1. The lowest BCUT2D eigenvalue weighted by atomic mass is 10.2. The Labute approximate surface area is 113 Å². The summed E-state index contributed by atoms with van der Waals surface area (Å²) < 4.78 is 37.0. The molecule has 0 radical (unpaired) electrons. The van der Waals surface area contributed by atoms with Crippen LogP contribution in [0.3, 0.4) is 0 Å². The van der Waals surface area contributed by atoms with Gasteiger partial charge in [-0.2, -0.15) is 13.2 Å². The molecule has 1 aromatic carbocycles. The highest BCUT2D eigenvalue weighted by Gasteiger charge is 2.25. The quantitative estimate of drug-likeness (QED) is 0.803. The van der Waals surface area contributed by atoms with E-state index < -0.39 is 12.6 Å². The van der Waals surface area contributed by atoms with Gasteiger partial charge in [-0.05, 0) is 37.5 Å². The van der Waals surface area contributed by atoms with Crippen LogP contribution in [0.15, 0.2) is 18.2 Å². The van der Waals surface area contributed by atoms with Crippen LogP contribution in [-0.2, 0) is 0 Å². The lowest BCUT2D eigenvalue weighted by molar-refractivity contribution is -0.135. The molecule has 0 bridgehead atoms. The molecule has 2 nitrogen and oxygen atoms in total. The lowest BCUT2D eigenvalue weighted by Crippen LogP contribution is -2.08. The first-order valence-corrected chi connectivity index (χ1v) is 6.93. The minimum Gasteiger partial charge on any atom is -0.361 e. The number of fused-ring (bicyclic) bond motifs is 1. The molecule has 1 aromatic heterocycles. The summed E-state index contributed by atoms with van der Waals surface area (Å²) in [5, 5.41) is 3.85. The van der Waals surface area contributed by atoms with Gasteiger partial charge in [0, 0.05) is 13.0 Å². The second kappa shape index (κ2) is 5.77. The van der Waals surface area contributed by atoms with Crippen LogP contribution in [0.1, 0.15) is 24.8 Å². The predicted molar refractivity (Wildman–Crippen MR) is 72.8 cm³/mol. The van der Waals surface area contributed by atoms with E-state index in [4.69, 9.17) is 0 Å². The second-order valence-corrected chi connectivity index (χ2v) is 5.52. The number of halogens is 3. The molecular formula is C13H15F3N2S. The summed E-state index contributed by atoms with van der Waals surface area (Å²) in [6.45, 7) is 2.54. The Morgan fingerprint density at radius 1 is 1.26 bits per heavy atom. The van der Waals surface area contributed by atoms with E-state index >= 15 is 0 Å². The van der Waals surface area contributed by atoms with Crippen molar-refractivity contribution in [2.24, 2.45) is 0 Å². The Balaban J connectivity index is 1.82. The summed E-state index contributed by atoms with van der Waals surface area (Å²) >= 11 is 1.53. The van der Waals surface area contributed by atoms with Gasteiger partial charge in [0.25, 0.3) is 0 Å². The SMILES string of the molecule is Cc1ccc2nc(NCCCCC(F)(F)F)sc2c1. The highest BCUT2D eigenvalue weighted by Crippen LogP contribution is 2.27. The molecular weight excluding hydrogens is 273 g/mol. The van der Waals surface area contributed by atoms with Crippen LogP contribution in [0.5, 0.6) is 0 Å². The third-order valence-corrected chi connectivity index (χ3v) is 3.68. The van der Waals surface area contributed by atoms with Crippen molar-refractivity contribution in [1.29, 1.82) is 0 Å². The molecule has 1 heterocycles. The average molecular weight is 288 g/mol. The fraction of sp³-hybridized carbons (Fsp3) is 0.462. The van der Waals surface area contributed by atoms with Crippen LogP contribution in [-0.4, -0.2) is 17.7 Å². The van der Waals surface area contributed by atoms with E-state index in [-0.39, 0.29) is 6.42 Å². The molecule has 0 saturated heterocycles. The van der Waals surface area contributed by atoms with Gasteiger partial charge in [0.2, 0.25) is 0 Å². The molecule has 0 saturated carbocycles. The van der Waals surface area contributed by atoms with Crippen molar-refractivity contribution in [2.75, 3.05) is 11.9 Å². The lowest BCUT2D eigenvalue weighted by Gasteiger charge is -2.05. The van der Waals surface area contributed by atoms with Gasteiger partial charge in [0.15, 0.2) is 5.13 Å². The molecule has 0 aliphatic heterocycles. The number of unbranched alkanes of at least 4 members (excludes halogenated alkanes) is 1. The zero-order valence-electron chi connectivity index (χ0n) is 10.5. The fourth-order valence-corrected chi connectivity index (χ4v) is 2.74. The van der Waals surface area contributed by atoms with Crippen molar-refractivity contribution in [3.8, 4) is 0 Å². The van der Waals surface area contributed by atoms with Crippen molar-refractivity contribution in [2.45, 2.75) is 32.4 Å². The summed E-state index contributed by atoms with van der Waals surface area (Å²) in [7, 11) is 0. The van der Waals surface area contributed by atoms with E-state index in [0.717, 1.165) is 15.3 Å². The van der Waals surface area contributed by atoms with Crippen molar-refractivity contribution >= 4 is 26.7 Å². The monoisotopic (exact) mass is 288 g/mol. The van der Waals surface area contributed by atoms with Gasteiger partial charge in [-0.3, -0.25) is 0 Å². The van der Waals surface area contributed by atoms with E-state index in [1.165, 1.54) is 16.9 Å². The maximum atomic E-state index is 12.0. The topological polar surface area (TPSA) is 24.9 Å². The molecule has 0 fully saturated rings. The van der Waals surface area contributed by atoms with E-state index in [1.807, 2.05) is 19.1 Å². The third kappa shape index (κ3) is 4.38. The van der Waals surface area contributed by atoms with Gasteiger partial charge in [0.05, 0.1) is 10.2 Å². The summed E-state index contributed by atoms with van der Waals surface area (Å²) in [6.07, 6.45) is -4.12. The largest absolute Gasteiger partial charge is 0.389 e. The fourth-order valence-electron chi connectivity index (χ4n) is 1.75. The second-order valence-electron chi connectivity index (χ2n) is 4.49. The van der Waals surface area contributed by atoms with Gasteiger partial charge >= 0.3 is 6.18 Å². The van der Waals surface area contributed by atoms with Crippen molar-refractivity contribution in [3.05, 3.63) is 23.8 Å². The van der Waals surface area contributed by atoms with E-state index in [2.05, 4.69) is 16.4 Å². The average Bonchev–Trinajstić information content (AvgIpc) is 2.68. The number of aryl methyl sites for hydroxylation is 1. The van der Waals surface area contributed by atoms with Gasteiger partial charge in [0.1, 0.15) is 0 Å². The van der Waals surface area contributed by atoms with Crippen molar-refractivity contribution < 1.29 is 13.2 Å². The highest BCUT2D eigenvalue weighted by atomic mass is 32.1. The zero-order valence-corrected chi connectivity index (χ0v) is 11.4. The first-order chi connectivity index (χ1) is 8.94. The molecule has 2 rings (SSSR count). The van der Waals surface area contributed by atoms with E-state index in [0.29, 0.717) is 13.0 Å². The number of benzene rings is 1. The van der Waals surface area contributed by atoms with E-state index in [1.54, 1.807) is 0 Å². The van der Waals surface area contributed by atoms with Crippen LogP contribution >= 0.6 is 11.3 Å². The normalized spacial score (nSPS) is 12.0. The third-order valence-electron chi connectivity index (χ3n) is 2.71. The molecule has 0 amide bonds. The molecule has 0 aliphatic carbocycles. The summed E-state index contributed by atoms with van der Waals surface area (Å²) in [5.41, 5.74) is 2.10. The Bertz CT molecular complexity index is 548. The van der Waals surface area contributed by atoms with Crippen LogP contribution in [0, 0.1) is 6.92 Å². The number of anilines is 1. The first kappa shape index (κ1) is 14.1. The smallest absolute Gasteiger partial charge is 0.361 e. The summed E-state index contributed by atoms with van der Waals surface area (Å²) in [5.74, 6) is 0. The number of hydrogen-bond acceptors (Lipinski definition) is 3. The molecule has 104 valence electrons. The molecule has 0 spiro atoms. The number of alkyl halides is 3. The van der Waals surface area contributed by atoms with Crippen molar-refractivity contribution in [1.82, 2.24) is 4.98 Å². The Kier molecular flexibility index (Phi) is 4.29. The number of nitrogens with zero attached hydrogens (tertiary/aromatic N) is 1. The van der Waals surface area contributed by atoms with Gasteiger partial charge in [-0.1, -0.05) is 17.4 Å². The highest BCUT2D eigenvalue weighted by molar-refractivity contribution is 7.22. The first-order valence-electron chi connectivity index (χ1n) is 6.12. The Hall–Kier alpha value is -1.30. The molecule has 6 heteroatoms. The molecule has 0 unspecified atom stereocenters. The van der Waals surface area contributed by atoms with Gasteiger partial charge < -0.3 is 5.32 Å². The number of hydrogen-bond donors (Lipinski definition) is 1. The molecule has 2 aromatic rings. The maximum absolute atomic E-state index is 12.0. The standard InChI is InChI=1S/C13H15F3N2S/c1-9-4-5-10-11(8-9)19-12(18-10)17-7-3-2-6-13(14,15)16/h4-5,8H,2-3,6-7H2,1H3,(H,17,18). The number of thiazole rings is 1. The van der Waals surface area contributed by atoms with Gasteiger partial charge in [-0.25, -0.2) is 4.98 Å². The van der Waals surface area contributed by atoms with Crippen molar-refractivity contribution in [3.63, 3.8) is 0 Å². The van der Waals surface area contributed by atoms with Crippen LogP contribution in [0.4, 0.5) is 18.3 Å². The summed E-state index contributed by atoms with van der Waals surface area (Å²) in [4.78, 5) is 4.39. The Morgan fingerprint density at radius 2 is 2.05 bits per heavy atom. The van der Waals surface area contributed by atoms with Crippen LogP contribution in [0.25, 0.3) is 10.2 Å². The molecule has 19 heavy (non-hydrogen) atoms. The van der Waals surface area contributed by atoms with E-state index in [9.17, 15) is 13.2 Å². The minimum atomic E-state index is -4.05. The molecule has 0 aliphatic rings. The van der Waals surface area contributed by atoms with Crippen LogP contribution in [0.2, 0.25) is 0 Å². The number of nitrogens with one attached hydrogen (secondary N) is 1. The maximum Gasteiger partial charge on any atom is 0.389 e. The minimum absolute atomic E-state index is 0.153.